The van der Waals surface area contributed by atoms with Crippen molar-refractivity contribution in [3.05, 3.63) is 0 Å². The summed E-state index contributed by atoms with van der Waals surface area (Å²) in [6, 6.07) is -1.96. The van der Waals surface area contributed by atoms with E-state index in [1.165, 1.54) is 57.8 Å². The fraction of sp³-hybridized carbons (Fsp3) is 0.889. The van der Waals surface area contributed by atoms with E-state index in [1.807, 2.05) is 0 Å². The molecule has 0 unspecified atom stereocenters. The topological polar surface area (TPSA) is 199 Å². The van der Waals surface area contributed by atoms with Gasteiger partial charge in [0.2, 0.25) is 11.8 Å². The van der Waals surface area contributed by atoms with Crippen molar-refractivity contribution in [2.24, 2.45) is 17.4 Å². The van der Waals surface area contributed by atoms with Crippen LogP contribution in [0.1, 0.15) is 161 Å². The Morgan fingerprint density at radius 2 is 1.08 bits per heavy atom. The Balaban J connectivity index is 5.07. The lowest BCUT2D eigenvalue weighted by atomic mass is 9.92. The molecule has 0 saturated carbocycles. The summed E-state index contributed by atoms with van der Waals surface area (Å²) in [5, 5.41) is 15.1. The predicted octanol–water partition coefficient (Wildman–Crippen LogP) is 5.57. The summed E-state index contributed by atoms with van der Waals surface area (Å²) in [6.45, 7) is 3.25. The minimum Gasteiger partial charge on any atom is -0.480 e. The Kier molecular flexibility index (Phi) is 28.6. The zero-order chi connectivity index (χ0) is 36.0. The largest absolute Gasteiger partial charge is 0.480 e. The second-order valence-electron chi connectivity index (χ2n) is 13.6. The molecule has 2 amide bonds. The normalized spacial score (nSPS) is 13.5. The lowest BCUT2D eigenvalue weighted by Gasteiger charge is -2.23. The van der Waals surface area contributed by atoms with Crippen molar-refractivity contribution < 1.29 is 32.7 Å². The van der Waals surface area contributed by atoms with Gasteiger partial charge in [-0.1, -0.05) is 110 Å². The maximum absolute atomic E-state index is 13.5. The predicted molar refractivity (Wildman–Crippen MR) is 194 cm³/mol. The van der Waals surface area contributed by atoms with Crippen LogP contribution in [0, 0.1) is 5.92 Å². The lowest BCUT2D eigenvalue weighted by Crippen LogP contribution is -2.46. The molecule has 0 aromatic carbocycles. The van der Waals surface area contributed by atoms with E-state index in [4.69, 9.17) is 11.5 Å². The van der Waals surface area contributed by atoms with Gasteiger partial charge >= 0.3 is 5.97 Å². The second kappa shape index (κ2) is 29.8. The summed E-state index contributed by atoms with van der Waals surface area (Å²) in [6.07, 6.45) is 21.5. The number of hydrogen-bond donors (Lipinski definition) is 5. The first-order valence-electron chi connectivity index (χ1n) is 18.9. The minimum atomic E-state index is -3.44. The Bertz CT molecular complexity index is 977. The first-order valence-corrected chi connectivity index (χ1v) is 20.9. The molecule has 0 rings (SSSR count). The van der Waals surface area contributed by atoms with Crippen LogP contribution in [0.25, 0.3) is 0 Å². The van der Waals surface area contributed by atoms with Crippen LogP contribution in [0.15, 0.2) is 0 Å². The molecule has 0 saturated heterocycles. The molecule has 12 heteroatoms. The number of carboxylic acid groups (broad SMARTS) is 1. The van der Waals surface area contributed by atoms with Crippen LogP contribution in [0.2, 0.25) is 0 Å². The van der Waals surface area contributed by atoms with Crippen molar-refractivity contribution in [3.8, 4) is 0 Å². The fourth-order valence-electron chi connectivity index (χ4n) is 5.84. The smallest absolute Gasteiger partial charge is 0.326 e. The van der Waals surface area contributed by atoms with Crippen molar-refractivity contribution in [1.29, 1.82) is 0 Å². The Morgan fingerprint density at radius 3 is 1.54 bits per heavy atom. The first-order chi connectivity index (χ1) is 22.9. The van der Waals surface area contributed by atoms with E-state index in [0.29, 0.717) is 38.8 Å². The van der Waals surface area contributed by atoms with Crippen LogP contribution >= 0.6 is 0 Å². The fourth-order valence-corrected chi connectivity index (χ4v) is 6.55. The quantitative estimate of drug-likeness (QED) is 0.0532. The van der Waals surface area contributed by atoms with Crippen molar-refractivity contribution in [2.75, 3.05) is 25.1 Å². The average molecular weight is 703 g/mol. The number of ketones is 1. The molecule has 0 spiro atoms. The number of sulfone groups is 1. The molecule has 7 N–H and O–H groups in total. The molecular weight excluding hydrogens is 632 g/mol. The second-order valence-corrected chi connectivity index (χ2v) is 15.8. The van der Waals surface area contributed by atoms with Crippen molar-refractivity contribution in [3.63, 3.8) is 0 Å². The Morgan fingerprint density at radius 1 is 0.625 bits per heavy atom. The molecule has 0 aliphatic heterocycles. The number of carboxylic acids is 1. The maximum atomic E-state index is 13.5. The molecule has 0 fully saturated rings. The number of Topliss-reactive ketones (excluding diaryl/α,β-unsaturated/α-hetero) is 1. The molecule has 0 bridgehead atoms. The van der Waals surface area contributed by atoms with Crippen LogP contribution in [0.4, 0.5) is 0 Å². The molecule has 282 valence electrons. The highest BCUT2D eigenvalue weighted by molar-refractivity contribution is 7.90. The highest BCUT2D eigenvalue weighted by Crippen LogP contribution is 2.18. The molecule has 0 aromatic heterocycles. The Hall–Kier alpha value is -2.05. The Labute approximate surface area is 291 Å². The molecule has 0 aromatic rings. The number of hydrogen-bond acceptors (Lipinski definition) is 8. The minimum absolute atomic E-state index is 0.122. The van der Waals surface area contributed by atoms with Gasteiger partial charge in [-0.05, 0) is 51.6 Å². The van der Waals surface area contributed by atoms with Gasteiger partial charge in [-0.2, -0.15) is 0 Å². The van der Waals surface area contributed by atoms with Crippen LogP contribution in [0.5, 0.6) is 0 Å². The van der Waals surface area contributed by atoms with Gasteiger partial charge < -0.3 is 27.2 Å². The van der Waals surface area contributed by atoms with Crippen molar-refractivity contribution >= 4 is 33.4 Å². The number of carbonyl (C=O) groups excluding carboxylic acids is 3. The first kappa shape index (κ1) is 46.0. The van der Waals surface area contributed by atoms with E-state index >= 15 is 0 Å². The molecular formula is C36H70N4O7S. The van der Waals surface area contributed by atoms with Gasteiger partial charge in [0.1, 0.15) is 15.9 Å². The van der Waals surface area contributed by atoms with Crippen molar-refractivity contribution in [2.45, 2.75) is 173 Å². The van der Waals surface area contributed by atoms with E-state index in [2.05, 4.69) is 17.6 Å². The van der Waals surface area contributed by atoms with Gasteiger partial charge in [0, 0.05) is 25.0 Å². The summed E-state index contributed by atoms with van der Waals surface area (Å²) in [5.41, 5.74) is 11.1. The van der Waals surface area contributed by atoms with Gasteiger partial charge in [0.25, 0.3) is 0 Å². The summed E-state index contributed by atoms with van der Waals surface area (Å²) in [5.74, 6) is -3.79. The van der Waals surface area contributed by atoms with Crippen molar-refractivity contribution in [1.82, 2.24) is 10.6 Å². The SMILES string of the molecule is CCCCCCCCCCCCCCCC(=O)N[C@@H](CCCCCN)C(=O)C[C@@H](CCS(C)(=O)=O)C(=O)N[C@@H](CCCCCN)C(=O)O. The van der Waals surface area contributed by atoms with Crippen LogP contribution in [-0.2, 0) is 29.0 Å². The van der Waals surface area contributed by atoms with Crippen LogP contribution < -0.4 is 22.1 Å². The van der Waals surface area contributed by atoms with Gasteiger partial charge in [0.15, 0.2) is 5.78 Å². The monoisotopic (exact) mass is 702 g/mol. The average Bonchev–Trinajstić information content (AvgIpc) is 3.03. The standard InChI is InChI=1S/C36H70N4O7S/c1-3-4-5-6-7-8-9-10-11-12-13-14-19-24-34(42)39-31(22-17-15-20-26-37)33(41)29-30(25-28-48(2,46)47)35(43)40-32(36(44)45)23-18-16-21-27-38/h30-32H,3-29,37-38H2,1-2H3,(H,39,42)(H,40,43)(H,44,45)/t30-,31+,32+/m1/s1. The van der Waals surface area contributed by atoms with Gasteiger partial charge in [-0.25, -0.2) is 13.2 Å². The third-order valence-electron chi connectivity index (χ3n) is 8.90. The number of aliphatic carboxylic acids is 1. The number of nitrogens with one attached hydrogen (secondary N) is 2. The molecule has 0 heterocycles. The van der Waals surface area contributed by atoms with Gasteiger partial charge in [-0.15, -0.1) is 0 Å². The molecule has 0 aliphatic rings. The molecule has 3 atom stereocenters. The number of rotatable bonds is 34. The van der Waals surface area contributed by atoms with Gasteiger partial charge in [-0.3, -0.25) is 14.4 Å². The van der Waals surface area contributed by atoms with Crippen LogP contribution in [0.3, 0.4) is 0 Å². The molecule has 48 heavy (non-hydrogen) atoms. The number of nitrogens with two attached hydrogens (primary N) is 2. The molecule has 0 radical (unpaired) electrons. The maximum Gasteiger partial charge on any atom is 0.326 e. The third kappa shape index (κ3) is 26.9. The zero-order valence-corrected chi connectivity index (χ0v) is 31.1. The van der Waals surface area contributed by atoms with E-state index < -0.39 is 39.7 Å². The molecule has 11 nitrogen and oxygen atoms in total. The zero-order valence-electron chi connectivity index (χ0n) is 30.3. The number of amides is 2. The van der Waals surface area contributed by atoms with Gasteiger partial charge in [0.05, 0.1) is 11.8 Å². The summed E-state index contributed by atoms with van der Waals surface area (Å²) in [7, 11) is -3.44. The number of unbranched alkanes of at least 4 members (excludes halogenated alkanes) is 16. The highest BCUT2D eigenvalue weighted by atomic mass is 32.2. The van der Waals surface area contributed by atoms with E-state index in [9.17, 15) is 32.7 Å². The van der Waals surface area contributed by atoms with E-state index in [-0.39, 0.29) is 36.7 Å². The van der Waals surface area contributed by atoms with E-state index in [1.54, 1.807) is 0 Å². The summed E-state index contributed by atoms with van der Waals surface area (Å²) in [4.78, 5) is 51.5. The highest BCUT2D eigenvalue weighted by Gasteiger charge is 2.30. The van der Waals surface area contributed by atoms with Crippen LogP contribution in [-0.4, -0.2) is 74.3 Å². The number of carbonyl (C=O) groups is 4. The third-order valence-corrected chi connectivity index (χ3v) is 9.87. The van der Waals surface area contributed by atoms with E-state index in [0.717, 1.165) is 57.6 Å². The summed E-state index contributed by atoms with van der Waals surface area (Å²) >= 11 is 0. The lowest BCUT2D eigenvalue weighted by molar-refractivity contribution is -0.143. The molecule has 0 aliphatic carbocycles. The summed E-state index contributed by atoms with van der Waals surface area (Å²) < 4.78 is 23.9.